The highest BCUT2D eigenvalue weighted by molar-refractivity contribution is 4.86. The van der Waals surface area contributed by atoms with Crippen molar-refractivity contribution in [1.29, 1.82) is 0 Å². The maximum absolute atomic E-state index is 6.39. The number of ether oxygens (including phenoxy) is 2. The van der Waals surface area contributed by atoms with Gasteiger partial charge in [0.25, 0.3) is 0 Å². The Balaban J connectivity index is 1.79. The van der Waals surface area contributed by atoms with E-state index >= 15 is 0 Å². The first kappa shape index (κ1) is 17.2. The van der Waals surface area contributed by atoms with Crippen LogP contribution < -0.4 is 5.32 Å². The zero-order chi connectivity index (χ0) is 14.9. The zero-order valence-electron chi connectivity index (χ0n) is 14.1. The molecular weight excluding hydrogens is 262 g/mol. The average molecular weight is 297 g/mol. The predicted octanol–water partition coefficient (Wildman–Crippen LogP) is 3.77. The molecule has 3 heteroatoms. The van der Waals surface area contributed by atoms with Crippen LogP contribution in [0.4, 0.5) is 0 Å². The van der Waals surface area contributed by atoms with E-state index in [4.69, 9.17) is 9.47 Å². The Morgan fingerprint density at radius 1 is 1.00 bits per heavy atom. The third-order valence-electron chi connectivity index (χ3n) is 5.14. The number of nitrogens with one attached hydrogen (secondary N) is 1. The first-order chi connectivity index (χ1) is 10.3. The maximum Gasteiger partial charge on any atom is 0.0730 e. The minimum Gasteiger partial charge on any atom is -0.381 e. The van der Waals surface area contributed by atoms with Crippen molar-refractivity contribution in [3.8, 4) is 0 Å². The van der Waals surface area contributed by atoms with E-state index in [0.717, 1.165) is 38.2 Å². The molecule has 1 saturated heterocycles. The second kappa shape index (κ2) is 9.81. The highest BCUT2D eigenvalue weighted by atomic mass is 16.5. The van der Waals surface area contributed by atoms with Crippen LogP contribution in [0.5, 0.6) is 0 Å². The van der Waals surface area contributed by atoms with E-state index in [9.17, 15) is 0 Å². The van der Waals surface area contributed by atoms with Gasteiger partial charge in [0.2, 0.25) is 0 Å². The summed E-state index contributed by atoms with van der Waals surface area (Å²) in [6.45, 7) is 8.47. The SMILES string of the molecule is CCCNC1CCC(CCC)CC1OCC1CCOCC1. The minimum atomic E-state index is 0.435. The first-order valence-electron chi connectivity index (χ1n) is 9.26. The van der Waals surface area contributed by atoms with Gasteiger partial charge in [0.05, 0.1) is 12.7 Å². The van der Waals surface area contributed by atoms with Gasteiger partial charge in [-0.15, -0.1) is 0 Å². The Morgan fingerprint density at radius 3 is 2.52 bits per heavy atom. The molecule has 124 valence electrons. The molecule has 0 aromatic heterocycles. The van der Waals surface area contributed by atoms with Gasteiger partial charge < -0.3 is 14.8 Å². The van der Waals surface area contributed by atoms with E-state index in [1.54, 1.807) is 0 Å². The van der Waals surface area contributed by atoms with Crippen LogP contribution in [0.3, 0.4) is 0 Å². The largest absolute Gasteiger partial charge is 0.381 e. The highest BCUT2D eigenvalue weighted by Gasteiger charge is 2.31. The van der Waals surface area contributed by atoms with Gasteiger partial charge in [-0.1, -0.05) is 26.7 Å². The molecule has 1 N–H and O–H groups in total. The van der Waals surface area contributed by atoms with E-state index < -0.39 is 0 Å². The third kappa shape index (κ3) is 5.88. The van der Waals surface area contributed by atoms with Crippen LogP contribution in [0.1, 0.15) is 65.2 Å². The average Bonchev–Trinajstić information content (AvgIpc) is 2.53. The van der Waals surface area contributed by atoms with Gasteiger partial charge >= 0.3 is 0 Å². The lowest BCUT2D eigenvalue weighted by Crippen LogP contribution is -2.46. The van der Waals surface area contributed by atoms with E-state index in [1.165, 1.54) is 51.4 Å². The topological polar surface area (TPSA) is 30.5 Å². The van der Waals surface area contributed by atoms with Gasteiger partial charge in [-0.2, -0.15) is 0 Å². The smallest absolute Gasteiger partial charge is 0.0730 e. The van der Waals surface area contributed by atoms with Gasteiger partial charge in [0.15, 0.2) is 0 Å². The summed E-state index contributed by atoms with van der Waals surface area (Å²) in [4.78, 5) is 0. The summed E-state index contributed by atoms with van der Waals surface area (Å²) in [6, 6.07) is 0.581. The minimum absolute atomic E-state index is 0.435. The van der Waals surface area contributed by atoms with Crippen molar-refractivity contribution in [2.45, 2.75) is 77.4 Å². The predicted molar refractivity (Wildman–Crippen MR) is 87.6 cm³/mol. The van der Waals surface area contributed by atoms with Crippen molar-refractivity contribution >= 4 is 0 Å². The summed E-state index contributed by atoms with van der Waals surface area (Å²) >= 11 is 0. The molecule has 3 unspecified atom stereocenters. The van der Waals surface area contributed by atoms with Crippen molar-refractivity contribution in [1.82, 2.24) is 5.32 Å². The lowest BCUT2D eigenvalue weighted by Gasteiger charge is -2.37. The molecule has 0 amide bonds. The number of rotatable bonds is 8. The monoisotopic (exact) mass is 297 g/mol. The first-order valence-corrected chi connectivity index (χ1v) is 9.26. The Morgan fingerprint density at radius 2 is 1.81 bits per heavy atom. The second-order valence-electron chi connectivity index (χ2n) is 6.96. The lowest BCUT2D eigenvalue weighted by molar-refractivity contribution is -0.0457. The summed E-state index contributed by atoms with van der Waals surface area (Å²) < 4.78 is 11.8. The number of hydrogen-bond donors (Lipinski definition) is 1. The molecule has 0 radical (unpaired) electrons. The Labute approximate surface area is 131 Å². The maximum atomic E-state index is 6.39. The van der Waals surface area contributed by atoms with E-state index in [-0.39, 0.29) is 0 Å². The van der Waals surface area contributed by atoms with Crippen LogP contribution >= 0.6 is 0 Å². The van der Waals surface area contributed by atoms with Crippen molar-refractivity contribution in [2.75, 3.05) is 26.4 Å². The van der Waals surface area contributed by atoms with Crippen molar-refractivity contribution < 1.29 is 9.47 Å². The fourth-order valence-electron chi connectivity index (χ4n) is 3.80. The second-order valence-corrected chi connectivity index (χ2v) is 6.96. The van der Waals surface area contributed by atoms with Crippen LogP contribution in [0.2, 0.25) is 0 Å². The molecule has 3 nitrogen and oxygen atoms in total. The van der Waals surface area contributed by atoms with Crippen LogP contribution in [0.15, 0.2) is 0 Å². The zero-order valence-corrected chi connectivity index (χ0v) is 14.1. The summed E-state index contributed by atoms with van der Waals surface area (Å²) in [5.41, 5.74) is 0. The van der Waals surface area contributed by atoms with Crippen LogP contribution in [0, 0.1) is 11.8 Å². The summed E-state index contributed by atoms with van der Waals surface area (Å²) in [7, 11) is 0. The van der Waals surface area contributed by atoms with Gasteiger partial charge in [-0.05, 0) is 56.9 Å². The molecule has 1 aliphatic carbocycles. The molecule has 2 aliphatic rings. The molecule has 2 fully saturated rings. The Hall–Kier alpha value is -0.120. The molecule has 3 atom stereocenters. The van der Waals surface area contributed by atoms with Gasteiger partial charge in [-0.25, -0.2) is 0 Å². The van der Waals surface area contributed by atoms with Crippen molar-refractivity contribution in [3.05, 3.63) is 0 Å². The molecule has 0 aromatic carbocycles. The fraction of sp³-hybridized carbons (Fsp3) is 1.00. The molecule has 1 aliphatic heterocycles. The van der Waals surface area contributed by atoms with Crippen molar-refractivity contribution in [2.24, 2.45) is 11.8 Å². The van der Waals surface area contributed by atoms with E-state index in [0.29, 0.717) is 12.1 Å². The van der Waals surface area contributed by atoms with Gasteiger partial charge in [0.1, 0.15) is 0 Å². The molecule has 0 spiro atoms. The molecule has 1 saturated carbocycles. The number of hydrogen-bond acceptors (Lipinski definition) is 3. The molecule has 0 bridgehead atoms. The standard InChI is InChI=1S/C18H35NO2/c1-3-5-15-6-7-17(19-10-4-2)18(13-15)21-14-16-8-11-20-12-9-16/h15-19H,3-14H2,1-2H3. The summed E-state index contributed by atoms with van der Waals surface area (Å²) in [5.74, 6) is 1.60. The van der Waals surface area contributed by atoms with Gasteiger partial charge in [0, 0.05) is 19.3 Å². The normalized spacial score (nSPS) is 31.4. The fourth-order valence-corrected chi connectivity index (χ4v) is 3.80. The van der Waals surface area contributed by atoms with Crippen LogP contribution in [-0.4, -0.2) is 38.5 Å². The van der Waals surface area contributed by atoms with Crippen LogP contribution in [0.25, 0.3) is 0 Å². The highest BCUT2D eigenvalue weighted by Crippen LogP contribution is 2.30. The Bertz CT molecular complexity index is 266. The quantitative estimate of drug-likeness (QED) is 0.740. The molecule has 1 heterocycles. The molecule has 0 aromatic rings. The summed E-state index contributed by atoms with van der Waals surface area (Å²) in [6.07, 6.45) is 10.6. The molecule has 2 rings (SSSR count). The van der Waals surface area contributed by atoms with E-state index in [1.807, 2.05) is 0 Å². The van der Waals surface area contributed by atoms with Crippen LogP contribution in [-0.2, 0) is 9.47 Å². The van der Waals surface area contributed by atoms with Crippen molar-refractivity contribution in [3.63, 3.8) is 0 Å². The molecule has 21 heavy (non-hydrogen) atoms. The lowest BCUT2D eigenvalue weighted by atomic mass is 9.81. The Kier molecular flexibility index (Phi) is 8.05. The third-order valence-corrected chi connectivity index (χ3v) is 5.14. The summed E-state index contributed by atoms with van der Waals surface area (Å²) in [5, 5.41) is 3.72. The molecular formula is C18H35NO2. The van der Waals surface area contributed by atoms with E-state index in [2.05, 4.69) is 19.2 Å². The van der Waals surface area contributed by atoms with Gasteiger partial charge in [-0.3, -0.25) is 0 Å².